The highest BCUT2D eigenvalue weighted by atomic mass is 16.5. The third-order valence-corrected chi connectivity index (χ3v) is 3.91. The molecular formula is C17H25N3O3. The number of ether oxygens (including phenoxy) is 1. The first-order valence-electron chi connectivity index (χ1n) is 7.99. The molecule has 6 nitrogen and oxygen atoms in total. The maximum Gasteiger partial charge on any atom is 0.243 e. The van der Waals surface area contributed by atoms with E-state index in [0.717, 1.165) is 37.2 Å². The minimum atomic E-state index is -0.582. The third-order valence-electron chi connectivity index (χ3n) is 3.91. The Morgan fingerprint density at radius 1 is 1.43 bits per heavy atom. The van der Waals surface area contributed by atoms with E-state index in [2.05, 4.69) is 16.0 Å². The van der Waals surface area contributed by atoms with Gasteiger partial charge >= 0.3 is 0 Å². The largest absolute Gasteiger partial charge is 0.497 e. The number of piperidine rings is 1. The lowest BCUT2D eigenvalue weighted by Crippen LogP contribution is -2.53. The van der Waals surface area contributed by atoms with Crippen LogP contribution in [-0.4, -0.2) is 44.1 Å². The van der Waals surface area contributed by atoms with E-state index in [1.54, 1.807) is 7.11 Å². The Hall–Kier alpha value is -2.08. The van der Waals surface area contributed by atoms with Crippen LogP contribution in [0, 0.1) is 0 Å². The number of carbonyl (C=O) groups is 2. The molecule has 1 unspecified atom stereocenters. The lowest BCUT2D eigenvalue weighted by molar-refractivity contribution is -0.128. The fraction of sp³-hybridized carbons (Fsp3) is 0.529. The summed E-state index contributed by atoms with van der Waals surface area (Å²) in [7, 11) is 1.60. The van der Waals surface area contributed by atoms with E-state index in [-0.39, 0.29) is 17.9 Å². The predicted molar refractivity (Wildman–Crippen MR) is 88.3 cm³/mol. The van der Waals surface area contributed by atoms with Gasteiger partial charge in [-0.15, -0.1) is 0 Å². The van der Waals surface area contributed by atoms with Crippen LogP contribution in [0.1, 0.15) is 25.3 Å². The minimum Gasteiger partial charge on any atom is -0.497 e. The van der Waals surface area contributed by atoms with Crippen molar-refractivity contribution < 1.29 is 14.3 Å². The topological polar surface area (TPSA) is 79.5 Å². The van der Waals surface area contributed by atoms with Crippen LogP contribution in [0.15, 0.2) is 24.3 Å². The molecule has 1 aliphatic rings. The zero-order valence-corrected chi connectivity index (χ0v) is 13.7. The van der Waals surface area contributed by atoms with Crippen LogP contribution in [0.3, 0.4) is 0 Å². The summed E-state index contributed by atoms with van der Waals surface area (Å²) in [6.07, 6.45) is 2.44. The van der Waals surface area contributed by atoms with Gasteiger partial charge in [-0.05, 0) is 37.1 Å². The molecule has 0 saturated carbocycles. The van der Waals surface area contributed by atoms with Crippen molar-refractivity contribution in [3.63, 3.8) is 0 Å². The van der Waals surface area contributed by atoms with Crippen molar-refractivity contribution in [2.24, 2.45) is 0 Å². The zero-order chi connectivity index (χ0) is 16.7. The fourth-order valence-corrected chi connectivity index (χ4v) is 2.77. The molecular weight excluding hydrogens is 294 g/mol. The molecule has 0 aromatic heterocycles. The molecule has 1 fully saturated rings. The van der Waals surface area contributed by atoms with Crippen LogP contribution in [0.5, 0.6) is 5.75 Å². The molecule has 2 rings (SSSR count). The molecule has 0 radical (unpaired) electrons. The normalized spacial score (nSPS) is 18.8. The van der Waals surface area contributed by atoms with E-state index in [1.807, 2.05) is 24.3 Å². The van der Waals surface area contributed by atoms with Crippen LogP contribution in [0.4, 0.5) is 0 Å². The van der Waals surface area contributed by atoms with Gasteiger partial charge in [-0.25, -0.2) is 0 Å². The van der Waals surface area contributed by atoms with Crippen molar-refractivity contribution in [1.82, 2.24) is 16.0 Å². The molecule has 2 atom stereocenters. The first kappa shape index (κ1) is 17.3. The molecule has 1 heterocycles. The van der Waals surface area contributed by atoms with Gasteiger partial charge in [0.25, 0.3) is 0 Å². The van der Waals surface area contributed by atoms with Gasteiger partial charge < -0.3 is 20.7 Å². The lowest BCUT2D eigenvalue weighted by atomic mass is 10.0. The van der Waals surface area contributed by atoms with E-state index in [1.165, 1.54) is 6.92 Å². The molecule has 3 N–H and O–H groups in total. The number of amides is 2. The Bertz CT molecular complexity index is 542. The fourth-order valence-electron chi connectivity index (χ4n) is 2.77. The molecule has 1 saturated heterocycles. The smallest absolute Gasteiger partial charge is 0.243 e. The molecule has 1 aromatic rings. The minimum absolute atomic E-state index is 0.123. The van der Waals surface area contributed by atoms with Crippen molar-refractivity contribution in [3.05, 3.63) is 29.8 Å². The number of hydrogen-bond acceptors (Lipinski definition) is 4. The van der Waals surface area contributed by atoms with Crippen LogP contribution >= 0.6 is 0 Å². The van der Waals surface area contributed by atoms with Crippen molar-refractivity contribution in [1.29, 1.82) is 0 Å². The van der Waals surface area contributed by atoms with Gasteiger partial charge in [-0.1, -0.05) is 12.1 Å². The monoisotopic (exact) mass is 319 g/mol. The van der Waals surface area contributed by atoms with Gasteiger partial charge in [0, 0.05) is 25.9 Å². The average Bonchev–Trinajstić information content (AvgIpc) is 2.55. The Labute approximate surface area is 137 Å². The molecule has 0 spiro atoms. The Kier molecular flexibility index (Phi) is 6.40. The number of benzene rings is 1. The molecule has 1 aliphatic heterocycles. The SMILES string of the molecule is COc1cccc(CC(NC(C)=O)C(=O)N[C@H]2CCCNC2)c1. The summed E-state index contributed by atoms with van der Waals surface area (Å²) in [5, 5.41) is 9.03. The van der Waals surface area contributed by atoms with E-state index in [0.29, 0.717) is 6.42 Å². The molecule has 1 aromatic carbocycles. The summed E-state index contributed by atoms with van der Waals surface area (Å²) in [6, 6.07) is 7.07. The quantitative estimate of drug-likeness (QED) is 0.718. The lowest BCUT2D eigenvalue weighted by Gasteiger charge is -2.26. The van der Waals surface area contributed by atoms with E-state index >= 15 is 0 Å². The van der Waals surface area contributed by atoms with Crippen molar-refractivity contribution in [3.8, 4) is 5.75 Å². The second-order valence-corrected chi connectivity index (χ2v) is 5.86. The number of rotatable bonds is 6. The van der Waals surface area contributed by atoms with Crippen molar-refractivity contribution >= 4 is 11.8 Å². The van der Waals surface area contributed by atoms with Crippen molar-refractivity contribution in [2.45, 2.75) is 38.3 Å². The molecule has 23 heavy (non-hydrogen) atoms. The Morgan fingerprint density at radius 3 is 2.91 bits per heavy atom. The summed E-state index contributed by atoms with van der Waals surface area (Å²) >= 11 is 0. The highest BCUT2D eigenvalue weighted by molar-refractivity contribution is 5.87. The number of nitrogens with one attached hydrogen (secondary N) is 3. The van der Waals surface area contributed by atoms with Crippen LogP contribution in [0.2, 0.25) is 0 Å². The maximum absolute atomic E-state index is 12.5. The van der Waals surface area contributed by atoms with Gasteiger partial charge in [-0.3, -0.25) is 9.59 Å². The Balaban J connectivity index is 2.02. The summed E-state index contributed by atoms with van der Waals surface area (Å²) in [6.45, 7) is 3.19. The second-order valence-electron chi connectivity index (χ2n) is 5.86. The average molecular weight is 319 g/mol. The van der Waals surface area contributed by atoms with E-state index in [4.69, 9.17) is 4.74 Å². The standard InChI is InChI=1S/C17H25N3O3/c1-12(21)19-16(10-13-5-3-7-15(9-13)23-2)17(22)20-14-6-4-8-18-11-14/h3,5,7,9,14,16,18H,4,6,8,10-11H2,1-2H3,(H,19,21)(H,20,22)/t14-,16?/m0/s1. The second kappa shape index (κ2) is 8.53. The van der Waals surface area contributed by atoms with Crippen LogP contribution in [0.25, 0.3) is 0 Å². The van der Waals surface area contributed by atoms with Gasteiger partial charge in [0.15, 0.2) is 0 Å². The highest BCUT2D eigenvalue weighted by Crippen LogP contribution is 2.14. The van der Waals surface area contributed by atoms with Gasteiger partial charge in [-0.2, -0.15) is 0 Å². The van der Waals surface area contributed by atoms with Gasteiger partial charge in [0.2, 0.25) is 11.8 Å². The van der Waals surface area contributed by atoms with Crippen LogP contribution in [-0.2, 0) is 16.0 Å². The first-order valence-corrected chi connectivity index (χ1v) is 7.99. The molecule has 0 bridgehead atoms. The number of hydrogen-bond donors (Lipinski definition) is 3. The number of carbonyl (C=O) groups excluding carboxylic acids is 2. The van der Waals surface area contributed by atoms with E-state index < -0.39 is 6.04 Å². The zero-order valence-electron chi connectivity index (χ0n) is 13.7. The molecule has 6 heteroatoms. The maximum atomic E-state index is 12.5. The predicted octanol–water partition coefficient (Wildman–Crippen LogP) is 0.611. The highest BCUT2D eigenvalue weighted by Gasteiger charge is 2.23. The molecule has 2 amide bonds. The molecule has 0 aliphatic carbocycles. The first-order chi connectivity index (χ1) is 11.1. The summed E-state index contributed by atoms with van der Waals surface area (Å²) in [4.78, 5) is 24.0. The van der Waals surface area contributed by atoms with Crippen molar-refractivity contribution in [2.75, 3.05) is 20.2 Å². The number of methoxy groups -OCH3 is 1. The van der Waals surface area contributed by atoms with Crippen LogP contribution < -0.4 is 20.7 Å². The summed E-state index contributed by atoms with van der Waals surface area (Å²) in [5.41, 5.74) is 0.944. The van der Waals surface area contributed by atoms with Gasteiger partial charge in [0.05, 0.1) is 7.11 Å². The summed E-state index contributed by atoms with van der Waals surface area (Å²) < 4.78 is 5.20. The summed E-state index contributed by atoms with van der Waals surface area (Å²) in [5.74, 6) is 0.382. The Morgan fingerprint density at radius 2 is 2.26 bits per heavy atom. The van der Waals surface area contributed by atoms with Gasteiger partial charge in [0.1, 0.15) is 11.8 Å². The van der Waals surface area contributed by atoms with E-state index in [9.17, 15) is 9.59 Å². The molecule has 126 valence electrons. The third kappa shape index (κ3) is 5.56.